The molecule has 4 heteroatoms. The van der Waals surface area contributed by atoms with Gasteiger partial charge < -0.3 is 21.0 Å². The molecule has 0 aromatic carbocycles. The molecule has 12 heavy (non-hydrogen) atoms. The van der Waals surface area contributed by atoms with Gasteiger partial charge in [0.25, 0.3) is 0 Å². The highest BCUT2D eigenvalue weighted by atomic mass is 16.5. The van der Waals surface area contributed by atoms with Gasteiger partial charge in [0, 0.05) is 7.11 Å². The Balaban J connectivity index is 3.71. The van der Waals surface area contributed by atoms with E-state index in [2.05, 4.69) is 0 Å². The van der Waals surface area contributed by atoms with Crippen LogP contribution in [-0.4, -0.2) is 32.1 Å². The number of hydrogen-bond donors (Lipinski definition) is 2. The number of ether oxygens (including phenoxy) is 1. The first-order valence-electron chi connectivity index (χ1n) is 4.13. The lowest BCUT2D eigenvalue weighted by atomic mass is 9.96. The summed E-state index contributed by atoms with van der Waals surface area (Å²) >= 11 is 0. The fourth-order valence-corrected chi connectivity index (χ4v) is 1.03. The van der Waals surface area contributed by atoms with Crippen molar-refractivity contribution in [3.63, 3.8) is 0 Å². The molecule has 0 spiro atoms. The van der Waals surface area contributed by atoms with Crippen molar-refractivity contribution in [1.29, 1.82) is 0 Å². The number of carbonyl (C=O) groups excluding carboxylic acids is 1. The van der Waals surface area contributed by atoms with Crippen molar-refractivity contribution in [2.45, 2.75) is 24.8 Å². The second kappa shape index (κ2) is 6.11. The molecule has 4 nitrogen and oxygen atoms in total. The Bertz CT molecular complexity index is 130. The molecule has 0 heterocycles. The number of unbranched alkanes of at least 4 members (excludes halogenated alkanes) is 1. The molecule has 1 atom stereocenters. The summed E-state index contributed by atoms with van der Waals surface area (Å²) in [7, 11) is 1.54. The SMILES string of the molecule is COC[C@](N)(C=O)CCCCN. The van der Waals surface area contributed by atoms with E-state index in [1.165, 1.54) is 7.11 Å². The number of methoxy groups -OCH3 is 1. The van der Waals surface area contributed by atoms with Crippen molar-refractivity contribution < 1.29 is 9.53 Å². The minimum atomic E-state index is -0.816. The normalized spacial score (nSPS) is 15.6. The zero-order valence-electron chi connectivity index (χ0n) is 7.58. The van der Waals surface area contributed by atoms with E-state index in [0.29, 0.717) is 13.0 Å². The van der Waals surface area contributed by atoms with Crippen LogP contribution in [0.2, 0.25) is 0 Å². The first-order valence-corrected chi connectivity index (χ1v) is 4.13. The first kappa shape index (κ1) is 11.6. The number of carbonyl (C=O) groups is 1. The molecule has 72 valence electrons. The van der Waals surface area contributed by atoms with Crippen molar-refractivity contribution in [2.24, 2.45) is 11.5 Å². The Hall–Kier alpha value is -0.450. The maximum Gasteiger partial charge on any atom is 0.142 e. The summed E-state index contributed by atoms with van der Waals surface area (Å²) in [6, 6.07) is 0. The summed E-state index contributed by atoms with van der Waals surface area (Å²) in [5.74, 6) is 0. The monoisotopic (exact) mass is 174 g/mol. The first-order chi connectivity index (χ1) is 5.68. The van der Waals surface area contributed by atoms with Gasteiger partial charge in [-0.2, -0.15) is 0 Å². The fraction of sp³-hybridized carbons (Fsp3) is 0.875. The molecule has 0 fully saturated rings. The number of rotatable bonds is 7. The second-order valence-corrected chi connectivity index (χ2v) is 3.03. The van der Waals surface area contributed by atoms with Gasteiger partial charge in [0.05, 0.1) is 12.1 Å². The molecular weight excluding hydrogens is 156 g/mol. The maximum absolute atomic E-state index is 10.6. The number of nitrogens with two attached hydrogens (primary N) is 2. The summed E-state index contributed by atoms with van der Waals surface area (Å²) in [5, 5.41) is 0. The Morgan fingerprint density at radius 2 is 2.17 bits per heavy atom. The second-order valence-electron chi connectivity index (χ2n) is 3.03. The van der Waals surface area contributed by atoms with Crippen LogP contribution in [0.25, 0.3) is 0 Å². The molecule has 0 radical (unpaired) electrons. The highest BCUT2D eigenvalue weighted by Gasteiger charge is 2.22. The van der Waals surface area contributed by atoms with E-state index >= 15 is 0 Å². The maximum atomic E-state index is 10.6. The van der Waals surface area contributed by atoms with Crippen molar-refractivity contribution >= 4 is 6.29 Å². The quantitative estimate of drug-likeness (QED) is 0.409. The standard InChI is InChI=1S/C8H18N2O2/c1-12-7-8(10,6-11)4-2-3-5-9/h6H,2-5,7,9-10H2,1H3/t8-/m1/s1. The molecule has 0 saturated heterocycles. The van der Waals surface area contributed by atoms with E-state index in [4.69, 9.17) is 16.2 Å². The van der Waals surface area contributed by atoms with E-state index in [9.17, 15) is 4.79 Å². The molecule has 0 saturated carbocycles. The lowest BCUT2D eigenvalue weighted by molar-refractivity contribution is -0.114. The average Bonchev–Trinajstić information content (AvgIpc) is 2.06. The predicted octanol–water partition coefficient (Wildman–Crippen LogP) is -0.342. The van der Waals surface area contributed by atoms with Crippen LogP contribution in [0.3, 0.4) is 0 Å². The predicted molar refractivity (Wildman–Crippen MR) is 47.8 cm³/mol. The number of aldehydes is 1. The van der Waals surface area contributed by atoms with Crippen LogP contribution >= 0.6 is 0 Å². The van der Waals surface area contributed by atoms with Gasteiger partial charge in [0.2, 0.25) is 0 Å². The highest BCUT2D eigenvalue weighted by Crippen LogP contribution is 2.08. The van der Waals surface area contributed by atoms with Crippen molar-refractivity contribution in [2.75, 3.05) is 20.3 Å². The van der Waals surface area contributed by atoms with E-state index in [1.54, 1.807) is 0 Å². The molecule has 0 aliphatic rings. The van der Waals surface area contributed by atoms with Crippen molar-refractivity contribution in [3.8, 4) is 0 Å². The van der Waals surface area contributed by atoms with Gasteiger partial charge >= 0.3 is 0 Å². The highest BCUT2D eigenvalue weighted by molar-refractivity contribution is 5.63. The van der Waals surface area contributed by atoms with Crippen LogP contribution in [0.4, 0.5) is 0 Å². The smallest absolute Gasteiger partial charge is 0.142 e. The lowest BCUT2D eigenvalue weighted by Crippen LogP contribution is -2.46. The summed E-state index contributed by atoms with van der Waals surface area (Å²) in [6.07, 6.45) is 3.17. The lowest BCUT2D eigenvalue weighted by Gasteiger charge is -2.21. The zero-order chi connectivity index (χ0) is 9.45. The topological polar surface area (TPSA) is 78.3 Å². The van der Waals surface area contributed by atoms with Gasteiger partial charge in [-0.1, -0.05) is 0 Å². The average molecular weight is 174 g/mol. The Morgan fingerprint density at radius 3 is 2.58 bits per heavy atom. The van der Waals surface area contributed by atoms with Gasteiger partial charge in [-0.3, -0.25) is 0 Å². The largest absolute Gasteiger partial charge is 0.382 e. The van der Waals surface area contributed by atoms with Crippen LogP contribution in [0, 0.1) is 0 Å². The minimum absolute atomic E-state index is 0.279. The summed E-state index contributed by atoms with van der Waals surface area (Å²) in [4.78, 5) is 10.6. The number of hydrogen-bond acceptors (Lipinski definition) is 4. The third kappa shape index (κ3) is 4.43. The van der Waals surface area contributed by atoms with Crippen LogP contribution in [0.5, 0.6) is 0 Å². The van der Waals surface area contributed by atoms with Gasteiger partial charge in [-0.05, 0) is 25.8 Å². The van der Waals surface area contributed by atoms with E-state index < -0.39 is 5.54 Å². The fourth-order valence-electron chi connectivity index (χ4n) is 1.03. The van der Waals surface area contributed by atoms with Gasteiger partial charge in [-0.15, -0.1) is 0 Å². The molecule has 0 aliphatic heterocycles. The molecule has 0 bridgehead atoms. The summed E-state index contributed by atoms with van der Waals surface area (Å²) in [6.45, 7) is 0.920. The van der Waals surface area contributed by atoms with Crippen LogP contribution in [0.15, 0.2) is 0 Å². The van der Waals surface area contributed by atoms with Crippen LogP contribution < -0.4 is 11.5 Å². The molecule has 0 aromatic rings. The van der Waals surface area contributed by atoms with Crippen molar-refractivity contribution in [3.05, 3.63) is 0 Å². The van der Waals surface area contributed by atoms with Gasteiger partial charge in [0.15, 0.2) is 0 Å². The van der Waals surface area contributed by atoms with E-state index in [1.807, 2.05) is 0 Å². The Morgan fingerprint density at radius 1 is 1.50 bits per heavy atom. The zero-order valence-corrected chi connectivity index (χ0v) is 7.58. The molecule has 0 amide bonds. The van der Waals surface area contributed by atoms with Crippen LogP contribution in [-0.2, 0) is 9.53 Å². The minimum Gasteiger partial charge on any atom is -0.382 e. The molecule has 0 aromatic heterocycles. The third-order valence-corrected chi connectivity index (χ3v) is 1.74. The Labute approximate surface area is 73.2 Å². The summed E-state index contributed by atoms with van der Waals surface area (Å²) < 4.78 is 4.84. The Kier molecular flexibility index (Phi) is 5.88. The van der Waals surface area contributed by atoms with Gasteiger partial charge in [-0.25, -0.2) is 0 Å². The van der Waals surface area contributed by atoms with Crippen LogP contribution in [0.1, 0.15) is 19.3 Å². The molecule has 4 N–H and O–H groups in total. The third-order valence-electron chi connectivity index (χ3n) is 1.74. The summed E-state index contributed by atoms with van der Waals surface area (Å²) in [5.41, 5.74) is 10.2. The van der Waals surface area contributed by atoms with E-state index in [0.717, 1.165) is 19.1 Å². The molecule has 0 rings (SSSR count). The van der Waals surface area contributed by atoms with Crippen molar-refractivity contribution in [1.82, 2.24) is 0 Å². The molecule has 0 aliphatic carbocycles. The van der Waals surface area contributed by atoms with Gasteiger partial charge in [0.1, 0.15) is 6.29 Å². The van der Waals surface area contributed by atoms with E-state index in [-0.39, 0.29) is 6.61 Å². The molecular formula is C8H18N2O2. The molecule has 0 unspecified atom stereocenters.